The molecule has 0 fully saturated rings. The van der Waals surface area contributed by atoms with E-state index in [1.165, 1.54) is 27.2 Å². The quantitative estimate of drug-likeness (QED) is 0.450. The topological polar surface area (TPSA) is 77.3 Å². The highest BCUT2D eigenvalue weighted by Gasteiger charge is 2.38. The SMILES string of the molecule is CC(C)C[C@H]1COc2ccc(Cl)cc2S(=O)(=O)N1Cc1cn(Cc2ccc(C(F)(F)F)cc2)nn1. The first-order valence-electron chi connectivity index (χ1n) is 10.9. The third-order valence-corrected chi connectivity index (χ3v) is 7.76. The molecule has 0 aliphatic carbocycles. The molecule has 0 saturated carbocycles. The lowest BCUT2D eigenvalue weighted by atomic mass is 10.0. The summed E-state index contributed by atoms with van der Waals surface area (Å²) in [4.78, 5) is -0.00611. The molecule has 0 saturated heterocycles. The zero-order valence-corrected chi connectivity index (χ0v) is 20.6. The molecule has 3 aromatic rings. The molecule has 0 spiro atoms. The van der Waals surface area contributed by atoms with Crippen LogP contribution in [0, 0.1) is 5.92 Å². The molecule has 2 aromatic carbocycles. The zero-order valence-electron chi connectivity index (χ0n) is 19.0. The number of rotatable bonds is 6. The summed E-state index contributed by atoms with van der Waals surface area (Å²) < 4.78 is 74.3. The molecule has 0 bridgehead atoms. The van der Waals surface area contributed by atoms with Crippen LogP contribution in [-0.2, 0) is 29.3 Å². The molecule has 4 rings (SSSR count). The molecule has 35 heavy (non-hydrogen) atoms. The molecule has 0 N–H and O–H groups in total. The van der Waals surface area contributed by atoms with E-state index in [1.807, 2.05) is 13.8 Å². The second-order valence-corrected chi connectivity index (χ2v) is 11.1. The summed E-state index contributed by atoms with van der Waals surface area (Å²) in [5.41, 5.74) is 0.275. The summed E-state index contributed by atoms with van der Waals surface area (Å²) in [6.45, 7) is 4.32. The Morgan fingerprint density at radius 3 is 2.51 bits per heavy atom. The van der Waals surface area contributed by atoms with Gasteiger partial charge in [0.1, 0.15) is 17.3 Å². The molecule has 12 heteroatoms. The van der Waals surface area contributed by atoms with Crippen molar-refractivity contribution in [3.63, 3.8) is 0 Å². The predicted octanol–water partition coefficient (Wildman–Crippen LogP) is 5.00. The number of fused-ring (bicyclic) bond motifs is 1. The normalized spacial score (nSPS) is 18.2. The summed E-state index contributed by atoms with van der Waals surface area (Å²) in [5, 5.41) is 8.42. The molecule has 2 heterocycles. The average molecular weight is 529 g/mol. The van der Waals surface area contributed by atoms with Gasteiger partial charge in [0.2, 0.25) is 10.0 Å². The van der Waals surface area contributed by atoms with Crippen molar-refractivity contribution in [1.82, 2.24) is 19.3 Å². The average Bonchev–Trinajstić information content (AvgIpc) is 3.18. The Morgan fingerprint density at radius 2 is 1.86 bits per heavy atom. The van der Waals surface area contributed by atoms with Gasteiger partial charge in [0.15, 0.2) is 0 Å². The second-order valence-electron chi connectivity index (χ2n) is 8.84. The molecule has 1 aromatic heterocycles. The van der Waals surface area contributed by atoms with Crippen LogP contribution < -0.4 is 4.74 Å². The molecule has 1 aliphatic heterocycles. The summed E-state index contributed by atoms with van der Waals surface area (Å²) in [7, 11) is -3.96. The van der Waals surface area contributed by atoms with E-state index in [4.69, 9.17) is 16.3 Å². The lowest BCUT2D eigenvalue weighted by Crippen LogP contribution is -2.42. The van der Waals surface area contributed by atoms with Crippen LogP contribution in [0.15, 0.2) is 53.6 Å². The fraction of sp³-hybridized carbons (Fsp3) is 0.391. The van der Waals surface area contributed by atoms with E-state index < -0.39 is 27.8 Å². The van der Waals surface area contributed by atoms with Gasteiger partial charge in [-0.3, -0.25) is 0 Å². The fourth-order valence-corrected chi connectivity index (χ4v) is 5.96. The first-order chi connectivity index (χ1) is 16.4. The maximum Gasteiger partial charge on any atom is 0.416 e. The zero-order chi connectivity index (χ0) is 25.4. The van der Waals surface area contributed by atoms with Crippen LogP contribution in [0.5, 0.6) is 5.75 Å². The van der Waals surface area contributed by atoms with E-state index in [0.29, 0.717) is 17.7 Å². The number of hydrogen-bond acceptors (Lipinski definition) is 5. The molecule has 1 atom stereocenters. The molecule has 0 amide bonds. The summed E-state index contributed by atoms with van der Waals surface area (Å²) in [6, 6.07) is 8.83. The van der Waals surface area contributed by atoms with E-state index in [9.17, 15) is 21.6 Å². The number of sulfonamides is 1. The number of nitrogens with zero attached hydrogens (tertiary/aromatic N) is 4. The van der Waals surface area contributed by atoms with Crippen LogP contribution in [0.2, 0.25) is 5.02 Å². The first-order valence-corrected chi connectivity index (χ1v) is 12.7. The van der Waals surface area contributed by atoms with Crippen molar-refractivity contribution in [2.45, 2.75) is 50.5 Å². The Labute approximate surface area is 206 Å². The van der Waals surface area contributed by atoms with Crippen molar-refractivity contribution in [1.29, 1.82) is 0 Å². The van der Waals surface area contributed by atoms with Crippen LogP contribution in [-0.4, -0.2) is 40.4 Å². The van der Waals surface area contributed by atoms with Gasteiger partial charge in [0.05, 0.1) is 36.6 Å². The van der Waals surface area contributed by atoms with E-state index in [1.54, 1.807) is 18.3 Å². The van der Waals surface area contributed by atoms with Gasteiger partial charge in [-0.25, -0.2) is 13.1 Å². The number of hydrogen-bond donors (Lipinski definition) is 0. The van der Waals surface area contributed by atoms with Crippen molar-refractivity contribution in [2.75, 3.05) is 6.61 Å². The smallest absolute Gasteiger partial charge is 0.416 e. The van der Waals surface area contributed by atoms with Crippen molar-refractivity contribution in [2.24, 2.45) is 5.92 Å². The molecular weight excluding hydrogens is 505 g/mol. The first kappa shape index (κ1) is 25.5. The highest BCUT2D eigenvalue weighted by molar-refractivity contribution is 7.89. The Bertz CT molecular complexity index is 1290. The molecule has 7 nitrogen and oxygen atoms in total. The highest BCUT2D eigenvalue weighted by Crippen LogP contribution is 2.35. The fourth-order valence-electron chi connectivity index (χ4n) is 3.97. The molecule has 1 aliphatic rings. The minimum atomic E-state index is -4.41. The van der Waals surface area contributed by atoms with Crippen LogP contribution in [0.3, 0.4) is 0 Å². The summed E-state index contributed by atoms with van der Waals surface area (Å²) in [6.07, 6.45) is -2.25. The molecule has 188 valence electrons. The third-order valence-electron chi connectivity index (χ3n) is 5.60. The van der Waals surface area contributed by atoms with Crippen molar-refractivity contribution < 1.29 is 26.3 Å². The minimum absolute atomic E-state index is 0.00611. The van der Waals surface area contributed by atoms with Gasteiger partial charge in [0.25, 0.3) is 0 Å². The van der Waals surface area contributed by atoms with Crippen molar-refractivity contribution in [3.8, 4) is 5.75 Å². The van der Waals surface area contributed by atoms with Crippen LogP contribution >= 0.6 is 11.6 Å². The van der Waals surface area contributed by atoms with Crippen LogP contribution in [0.4, 0.5) is 13.2 Å². The Hall–Kier alpha value is -2.63. The Balaban J connectivity index is 1.58. The highest BCUT2D eigenvalue weighted by atomic mass is 35.5. The van der Waals surface area contributed by atoms with Gasteiger partial charge in [-0.15, -0.1) is 5.10 Å². The van der Waals surface area contributed by atoms with Crippen molar-refractivity contribution >= 4 is 21.6 Å². The largest absolute Gasteiger partial charge is 0.490 e. The Morgan fingerprint density at radius 1 is 1.14 bits per heavy atom. The van der Waals surface area contributed by atoms with E-state index in [2.05, 4.69) is 10.3 Å². The maximum atomic E-state index is 13.6. The van der Waals surface area contributed by atoms with E-state index >= 15 is 0 Å². The van der Waals surface area contributed by atoms with E-state index in [0.717, 1.165) is 12.1 Å². The number of aromatic nitrogens is 3. The number of alkyl halides is 3. The number of benzene rings is 2. The minimum Gasteiger partial charge on any atom is -0.490 e. The van der Waals surface area contributed by atoms with Gasteiger partial charge in [-0.05, 0) is 48.2 Å². The standard InChI is InChI=1S/C23H24ClF3N4O3S/c1-15(2)9-20-14-34-21-8-7-18(24)10-22(21)35(32,33)31(20)13-19-12-30(29-28-19)11-16-3-5-17(6-4-16)23(25,26)27/h3-8,10,12,15,20H,9,11,13-14H2,1-2H3/t20-/m0/s1. The maximum absolute atomic E-state index is 13.6. The Kier molecular flexibility index (Phi) is 7.12. The summed E-state index contributed by atoms with van der Waals surface area (Å²) >= 11 is 6.07. The number of halogens is 4. The van der Waals surface area contributed by atoms with Gasteiger partial charge < -0.3 is 4.74 Å². The predicted molar refractivity (Wildman–Crippen MR) is 123 cm³/mol. The van der Waals surface area contributed by atoms with Gasteiger partial charge in [-0.2, -0.15) is 17.5 Å². The van der Waals surface area contributed by atoms with Gasteiger partial charge in [0, 0.05) is 5.02 Å². The van der Waals surface area contributed by atoms with Gasteiger partial charge >= 0.3 is 6.18 Å². The monoisotopic (exact) mass is 528 g/mol. The third kappa shape index (κ3) is 5.79. The lowest BCUT2D eigenvalue weighted by molar-refractivity contribution is -0.137. The lowest BCUT2D eigenvalue weighted by Gasteiger charge is -2.28. The molecule has 0 unspecified atom stereocenters. The second kappa shape index (κ2) is 9.79. The molecular formula is C23H24ClF3N4O3S. The molecule has 0 radical (unpaired) electrons. The van der Waals surface area contributed by atoms with E-state index in [-0.39, 0.29) is 41.3 Å². The van der Waals surface area contributed by atoms with Crippen molar-refractivity contribution in [3.05, 3.63) is 70.5 Å². The number of ether oxygens (including phenoxy) is 1. The van der Waals surface area contributed by atoms with Crippen LogP contribution in [0.25, 0.3) is 0 Å². The summed E-state index contributed by atoms with van der Waals surface area (Å²) in [5.74, 6) is 0.457. The van der Waals surface area contributed by atoms with Crippen LogP contribution in [0.1, 0.15) is 37.1 Å². The van der Waals surface area contributed by atoms with Gasteiger partial charge in [-0.1, -0.05) is 42.8 Å².